The van der Waals surface area contributed by atoms with Crippen LogP contribution >= 0.6 is 11.3 Å². The topological polar surface area (TPSA) is 21.3 Å². The first kappa shape index (κ1) is 13.1. The van der Waals surface area contributed by atoms with E-state index in [-0.39, 0.29) is 0 Å². The summed E-state index contributed by atoms with van der Waals surface area (Å²) in [5.41, 5.74) is 1.41. The molecular weight excluding hydrogens is 230 g/mol. The predicted octanol–water partition coefficient (Wildman–Crippen LogP) is 3.52. The van der Waals surface area contributed by atoms with Gasteiger partial charge in [-0.2, -0.15) is 0 Å². The Labute approximate surface area is 108 Å². The van der Waals surface area contributed by atoms with Crippen molar-refractivity contribution in [3.63, 3.8) is 0 Å². The van der Waals surface area contributed by atoms with Crippen LogP contribution in [-0.2, 0) is 4.74 Å². The van der Waals surface area contributed by atoms with Crippen molar-refractivity contribution in [3.05, 3.63) is 21.9 Å². The molecule has 2 rings (SSSR count). The molecule has 1 fully saturated rings. The quantitative estimate of drug-likeness (QED) is 0.867. The van der Waals surface area contributed by atoms with E-state index in [1.165, 1.54) is 16.9 Å². The Morgan fingerprint density at radius 2 is 2.41 bits per heavy atom. The van der Waals surface area contributed by atoms with E-state index in [1.54, 1.807) is 0 Å². The highest BCUT2D eigenvalue weighted by Gasteiger charge is 2.26. The molecule has 3 unspecified atom stereocenters. The second kappa shape index (κ2) is 5.98. The summed E-state index contributed by atoms with van der Waals surface area (Å²) in [6.07, 6.45) is 2.82. The maximum Gasteiger partial charge on any atom is 0.0613 e. The molecule has 96 valence electrons. The summed E-state index contributed by atoms with van der Waals surface area (Å²) in [6.45, 7) is 8.69. The highest BCUT2D eigenvalue weighted by Crippen LogP contribution is 2.26. The third-order valence-corrected chi connectivity index (χ3v) is 4.93. The van der Waals surface area contributed by atoms with Crippen LogP contribution in [0.25, 0.3) is 0 Å². The summed E-state index contributed by atoms with van der Waals surface area (Å²) in [4.78, 5) is 1.47. The molecule has 3 heteroatoms. The summed E-state index contributed by atoms with van der Waals surface area (Å²) in [5, 5.41) is 5.84. The van der Waals surface area contributed by atoms with Gasteiger partial charge in [0.2, 0.25) is 0 Å². The zero-order chi connectivity index (χ0) is 12.3. The predicted molar refractivity (Wildman–Crippen MR) is 73.6 cm³/mol. The zero-order valence-electron chi connectivity index (χ0n) is 11.0. The fourth-order valence-electron chi connectivity index (χ4n) is 2.63. The van der Waals surface area contributed by atoms with Gasteiger partial charge in [-0.25, -0.2) is 0 Å². The second-order valence-corrected chi connectivity index (χ2v) is 5.91. The first-order valence-electron chi connectivity index (χ1n) is 6.61. The molecule has 0 spiro atoms. The molecule has 1 aliphatic rings. The molecule has 1 saturated heterocycles. The van der Waals surface area contributed by atoms with Crippen molar-refractivity contribution in [2.75, 3.05) is 13.2 Å². The van der Waals surface area contributed by atoms with E-state index in [9.17, 15) is 0 Å². The Balaban J connectivity index is 1.84. The second-order valence-electron chi connectivity index (χ2n) is 4.96. The van der Waals surface area contributed by atoms with E-state index in [1.807, 2.05) is 11.3 Å². The molecule has 0 aliphatic carbocycles. The maximum absolute atomic E-state index is 5.72. The average Bonchev–Trinajstić information content (AvgIpc) is 2.94. The van der Waals surface area contributed by atoms with Crippen molar-refractivity contribution in [3.8, 4) is 0 Å². The average molecular weight is 253 g/mol. The van der Waals surface area contributed by atoms with Gasteiger partial charge in [0.25, 0.3) is 0 Å². The van der Waals surface area contributed by atoms with Crippen LogP contribution in [0.15, 0.2) is 11.4 Å². The fraction of sp³-hybridized carbons (Fsp3) is 0.714. The van der Waals surface area contributed by atoms with Crippen molar-refractivity contribution >= 4 is 11.3 Å². The SMILES string of the molecule is CCC1OCCC1CNC(C)c1sccc1C. The smallest absolute Gasteiger partial charge is 0.0613 e. The fourth-order valence-corrected chi connectivity index (χ4v) is 3.59. The summed E-state index contributed by atoms with van der Waals surface area (Å²) >= 11 is 1.85. The minimum atomic E-state index is 0.466. The number of ether oxygens (including phenoxy) is 1. The van der Waals surface area contributed by atoms with Crippen LogP contribution in [0.1, 0.15) is 43.2 Å². The lowest BCUT2D eigenvalue weighted by Crippen LogP contribution is -2.30. The first-order valence-corrected chi connectivity index (χ1v) is 7.49. The summed E-state index contributed by atoms with van der Waals surface area (Å²) in [7, 11) is 0. The minimum absolute atomic E-state index is 0.466. The third-order valence-electron chi connectivity index (χ3n) is 3.73. The van der Waals surface area contributed by atoms with Crippen molar-refractivity contribution in [2.45, 2.75) is 45.8 Å². The van der Waals surface area contributed by atoms with Crippen molar-refractivity contribution in [1.82, 2.24) is 5.32 Å². The Hall–Kier alpha value is -0.380. The number of aryl methyl sites for hydroxylation is 1. The van der Waals surface area contributed by atoms with E-state index in [2.05, 4.69) is 37.5 Å². The monoisotopic (exact) mass is 253 g/mol. The highest BCUT2D eigenvalue weighted by molar-refractivity contribution is 7.10. The molecule has 1 aromatic rings. The van der Waals surface area contributed by atoms with Gasteiger partial charge in [0, 0.05) is 24.1 Å². The minimum Gasteiger partial charge on any atom is -0.378 e. The van der Waals surface area contributed by atoms with Crippen LogP contribution in [0, 0.1) is 12.8 Å². The van der Waals surface area contributed by atoms with Crippen LogP contribution in [0.4, 0.5) is 0 Å². The van der Waals surface area contributed by atoms with E-state index in [4.69, 9.17) is 4.74 Å². The lowest BCUT2D eigenvalue weighted by atomic mass is 9.99. The molecule has 0 aromatic carbocycles. The third kappa shape index (κ3) is 3.09. The molecule has 17 heavy (non-hydrogen) atoms. The Morgan fingerprint density at radius 3 is 3.06 bits per heavy atom. The molecule has 0 radical (unpaired) electrons. The van der Waals surface area contributed by atoms with Gasteiger partial charge in [0.1, 0.15) is 0 Å². The zero-order valence-corrected chi connectivity index (χ0v) is 11.8. The largest absolute Gasteiger partial charge is 0.378 e. The van der Waals surface area contributed by atoms with Crippen LogP contribution in [-0.4, -0.2) is 19.3 Å². The summed E-state index contributed by atoms with van der Waals surface area (Å²) < 4.78 is 5.72. The molecule has 1 aliphatic heterocycles. The van der Waals surface area contributed by atoms with Crippen LogP contribution < -0.4 is 5.32 Å². The van der Waals surface area contributed by atoms with Gasteiger partial charge in [-0.15, -0.1) is 11.3 Å². The number of hydrogen-bond acceptors (Lipinski definition) is 3. The van der Waals surface area contributed by atoms with E-state index >= 15 is 0 Å². The summed E-state index contributed by atoms with van der Waals surface area (Å²) in [6, 6.07) is 2.67. The lowest BCUT2D eigenvalue weighted by molar-refractivity contribution is 0.0867. The number of hydrogen-bond donors (Lipinski definition) is 1. The maximum atomic E-state index is 5.72. The van der Waals surface area contributed by atoms with Gasteiger partial charge in [0.05, 0.1) is 6.10 Å². The van der Waals surface area contributed by atoms with Crippen LogP contribution in [0.2, 0.25) is 0 Å². The van der Waals surface area contributed by atoms with Gasteiger partial charge in [0.15, 0.2) is 0 Å². The molecule has 0 bridgehead atoms. The molecular formula is C14H23NOS. The van der Waals surface area contributed by atoms with Crippen molar-refractivity contribution in [1.29, 1.82) is 0 Å². The van der Waals surface area contributed by atoms with E-state index in [0.717, 1.165) is 19.6 Å². The van der Waals surface area contributed by atoms with Crippen LogP contribution in [0.5, 0.6) is 0 Å². The molecule has 1 aromatic heterocycles. The van der Waals surface area contributed by atoms with E-state index < -0.39 is 0 Å². The number of rotatable bonds is 5. The number of nitrogens with one attached hydrogen (secondary N) is 1. The van der Waals surface area contributed by atoms with E-state index in [0.29, 0.717) is 18.1 Å². The standard InChI is InChI=1S/C14H23NOS/c1-4-13-12(5-7-16-13)9-15-11(3)14-10(2)6-8-17-14/h6,8,11-13,15H,4-5,7,9H2,1-3H3. The lowest BCUT2D eigenvalue weighted by Gasteiger charge is -2.20. The molecule has 0 amide bonds. The molecule has 2 heterocycles. The molecule has 2 nitrogen and oxygen atoms in total. The summed E-state index contributed by atoms with van der Waals surface area (Å²) in [5.74, 6) is 0.697. The molecule has 1 N–H and O–H groups in total. The first-order chi connectivity index (χ1) is 8.22. The van der Waals surface area contributed by atoms with Gasteiger partial charge in [-0.3, -0.25) is 0 Å². The van der Waals surface area contributed by atoms with Gasteiger partial charge in [-0.05, 0) is 49.6 Å². The van der Waals surface area contributed by atoms with Crippen LogP contribution in [0.3, 0.4) is 0 Å². The van der Waals surface area contributed by atoms with Gasteiger partial charge in [-0.1, -0.05) is 6.92 Å². The number of thiophene rings is 1. The normalized spacial score (nSPS) is 26.3. The van der Waals surface area contributed by atoms with Crippen molar-refractivity contribution in [2.24, 2.45) is 5.92 Å². The van der Waals surface area contributed by atoms with Gasteiger partial charge < -0.3 is 10.1 Å². The Morgan fingerprint density at radius 1 is 1.59 bits per heavy atom. The van der Waals surface area contributed by atoms with Gasteiger partial charge >= 0.3 is 0 Å². The molecule has 3 atom stereocenters. The Kier molecular flexibility index (Phi) is 4.60. The van der Waals surface area contributed by atoms with Crippen molar-refractivity contribution < 1.29 is 4.74 Å². The Bertz CT molecular complexity index is 350. The highest BCUT2D eigenvalue weighted by atomic mass is 32.1. The molecule has 0 saturated carbocycles.